The maximum atomic E-state index is 12.3. The van der Waals surface area contributed by atoms with Gasteiger partial charge >= 0.3 is 5.69 Å². The molecule has 0 aliphatic carbocycles. The summed E-state index contributed by atoms with van der Waals surface area (Å²) in [6.45, 7) is 5.92. The molecule has 0 aliphatic rings. The van der Waals surface area contributed by atoms with Crippen molar-refractivity contribution in [2.75, 3.05) is 0 Å². The van der Waals surface area contributed by atoms with E-state index in [4.69, 9.17) is 0 Å². The Labute approximate surface area is 156 Å². The molecule has 0 bridgehead atoms. The van der Waals surface area contributed by atoms with E-state index in [-0.39, 0.29) is 11.5 Å². The van der Waals surface area contributed by atoms with Crippen molar-refractivity contribution in [3.05, 3.63) is 86.1 Å². The maximum absolute atomic E-state index is 12.3. The number of hydrogen-bond donors (Lipinski definition) is 2. The summed E-state index contributed by atoms with van der Waals surface area (Å²) < 4.78 is 1.08. The van der Waals surface area contributed by atoms with Gasteiger partial charge in [-0.3, -0.25) is 14.8 Å². The van der Waals surface area contributed by atoms with E-state index in [9.17, 15) is 14.7 Å². The lowest BCUT2D eigenvalue weighted by Crippen LogP contribution is -2.31. The second-order valence-electron chi connectivity index (χ2n) is 6.59. The molecule has 3 rings (SSSR count). The number of aromatic hydroxyl groups is 1. The first kappa shape index (κ1) is 18.4. The largest absolute Gasteiger partial charge is 0.493 e. The zero-order valence-corrected chi connectivity index (χ0v) is 15.4. The van der Waals surface area contributed by atoms with Crippen LogP contribution in [0.15, 0.2) is 63.1 Å². The fourth-order valence-corrected chi connectivity index (χ4v) is 2.92. The second-order valence-corrected chi connectivity index (χ2v) is 6.59. The number of rotatable bonds is 4. The van der Waals surface area contributed by atoms with E-state index in [0.717, 1.165) is 15.7 Å². The highest BCUT2D eigenvalue weighted by atomic mass is 16.3. The van der Waals surface area contributed by atoms with Gasteiger partial charge in [-0.25, -0.2) is 9.36 Å². The summed E-state index contributed by atoms with van der Waals surface area (Å²) in [5, 5.41) is 10.6. The Bertz CT molecular complexity index is 1120. The molecule has 0 spiro atoms. The van der Waals surface area contributed by atoms with Crippen molar-refractivity contribution in [2.45, 2.75) is 26.7 Å². The number of aromatic amines is 1. The Balaban J connectivity index is 2.16. The van der Waals surface area contributed by atoms with Crippen molar-refractivity contribution in [3.63, 3.8) is 0 Å². The molecule has 6 heteroatoms. The van der Waals surface area contributed by atoms with Crippen LogP contribution in [0.3, 0.4) is 0 Å². The predicted octanol–water partition coefficient (Wildman–Crippen LogP) is 3.41. The van der Waals surface area contributed by atoms with Crippen molar-refractivity contribution in [3.8, 4) is 11.6 Å². The number of hydrogen-bond acceptors (Lipinski definition) is 4. The molecule has 0 amide bonds. The van der Waals surface area contributed by atoms with Crippen LogP contribution in [0.5, 0.6) is 5.88 Å². The van der Waals surface area contributed by atoms with E-state index in [1.807, 2.05) is 43.3 Å². The fraction of sp³-hybridized carbons (Fsp3) is 0.190. The normalized spacial score (nSPS) is 11.4. The van der Waals surface area contributed by atoms with Crippen LogP contribution < -0.4 is 11.2 Å². The predicted molar refractivity (Wildman–Crippen MR) is 107 cm³/mol. The lowest BCUT2D eigenvalue weighted by Gasteiger charge is -2.12. The average Bonchev–Trinajstić information content (AvgIpc) is 2.63. The highest BCUT2D eigenvalue weighted by molar-refractivity contribution is 5.84. The van der Waals surface area contributed by atoms with Gasteiger partial charge in [-0.1, -0.05) is 50.2 Å². The lowest BCUT2D eigenvalue weighted by molar-refractivity contribution is 0.430. The quantitative estimate of drug-likeness (QED) is 0.696. The van der Waals surface area contributed by atoms with Crippen LogP contribution in [-0.2, 0) is 0 Å². The third-order valence-electron chi connectivity index (χ3n) is 4.37. The van der Waals surface area contributed by atoms with E-state index in [1.165, 1.54) is 6.21 Å². The molecule has 27 heavy (non-hydrogen) atoms. The van der Waals surface area contributed by atoms with E-state index in [0.29, 0.717) is 11.4 Å². The zero-order valence-electron chi connectivity index (χ0n) is 15.4. The van der Waals surface area contributed by atoms with E-state index in [1.54, 1.807) is 12.1 Å². The lowest BCUT2D eigenvalue weighted by atomic mass is 10.0. The summed E-state index contributed by atoms with van der Waals surface area (Å²) >= 11 is 0. The Morgan fingerprint density at radius 3 is 2.44 bits per heavy atom. The third-order valence-corrected chi connectivity index (χ3v) is 4.37. The van der Waals surface area contributed by atoms with Crippen LogP contribution in [0, 0.1) is 6.92 Å². The smallest absolute Gasteiger partial charge is 0.335 e. The standard InChI is InChI=1S/C21H21N3O3/c1-13(2)15-9-5-6-10-17(15)22-12-16-19(25)23-21(27)24(20(16)26)18-11-7-4-8-14(18)3/h4-13,26H,1-3H3,(H,23,25,27). The molecular weight excluding hydrogens is 342 g/mol. The number of nitrogens with one attached hydrogen (secondary N) is 1. The number of aliphatic imine (C=N–C) groups is 1. The van der Waals surface area contributed by atoms with Crippen molar-refractivity contribution in [1.82, 2.24) is 9.55 Å². The number of aromatic nitrogens is 2. The second kappa shape index (κ2) is 7.45. The molecule has 0 saturated heterocycles. The van der Waals surface area contributed by atoms with Gasteiger partial charge in [0.2, 0.25) is 5.88 Å². The SMILES string of the molecule is Cc1ccccc1-n1c(O)c(C=Nc2ccccc2C(C)C)c(=O)[nH]c1=O. The molecular formula is C21H21N3O3. The van der Waals surface area contributed by atoms with Crippen molar-refractivity contribution in [1.29, 1.82) is 0 Å². The first-order chi connectivity index (χ1) is 12.9. The number of aryl methyl sites for hydroxylation is 1. The summed E-state index contributed by atoms with van der Waals surface area (Å²) in [5.74, 6) is -0.185. The van der Waals surface area contributed by atoms with Gasteiger partial charge in [0.25, 0.3) is 5.56 Å². The molecule has 1 aromatic heterocycles. The highest BCUT2D eigenvalue weighted by Gasteiger charge is 2.15. The van der Waals surface area contributed by atoms with Gasteiger partial charge in [0, 0.05) is 6.21 Å². The van der Waals surface area contributed by atoms with Crippen molar-refractivity contribution in [2.24, 2.45) is 4.99 Å². The van der Waals surface area contributed by atoms with Crippen molar-refractivity contribution < 1.29 is 5.11 Å². The Kier molecular flexibility index (Phi) is 5.07. The summed E-state index contributed by atoms with van der Waals surface area (Å²) in [7, 11) is 0. The molecule has 6 nitrogen and oxygen atoms in total. The highest BCUT2D eigenvalue weighted by Crippen LogP contribution is 2.26. The molecule has 0 atom stereocenters. The molecule has 138 valence electrons. The van der Waals surface area contributed by atoms with Crippen LogP contribution in [-0.4, -0.2) is 20.9 Å². The Morgan fingerprint density at radius 1 is 1.07 bits per heavy atom. The van der Waals surface area contributed by atoms with Gasteiger partial charge in [0.05, 0.1) is 11.4 Å². The first-order valence-corrected chi connectivity index (χ1v) is 8.67. The van der Waals surface area contributed by atoms with E-state index in [2.05, 4.69) is 23.8 Å². The molecule has 3 aromatic rings. The van der Waals surface area contributed by atoms with Crippen LogP contribution in [0.25, 0.3) is 5.69 Å². The van der Waals surface area contributed by atoms with Gasteiger partial charge in [-0.2, -0.15) is 0 Å². The molecule has 0 unspecified atom stereocenters. The molecule has 0 radical (unpaired) electrons. The Morgan fingerprint density at radius 2 is 1.74 bits per heavy atom. The molecule has 0 aliphatic heterocycles. The van der Waals surface area contributed by atoms with Crippen LogP contribution in [0.1, 0.15) is 36.5 Å². The van der Waals surface area contributed by atoms with Crippen LogP contribution >= 0.6 is 0 Å². The summed E-state index contributed by atoms with van der Waals surface area (Å²) in [6, 6.07) is 14.7. The van der Waals surface area contributed by atoms with Gasteiger partial charge in [0.15, 0.2) is 0 Å². The molecule has 0 saturated carbocycles. The number of para-hydroxylation sites is 2. The van der Waals surface area contributed by atoms with Crippen LogP contribution in [0.4, 0.5) is 5.69 Å². The summed E-state index contributed by atoms with van der Waals surface area (Å²) in [5.41, 5.74) is 1.55. The maximum Gasteiger partial charge on any atom is 0.335 e. The molecule has 0 fully saturated rings. The minimum absolute atomic E-state index is 0.0728. The van der Waals surface area contributed by atoms with E-state index < -0.39 is 17.1 Å². The summed E-state index contributed by atoms with van der Waals surface area (Å²) in [4.78, 5) is 31.2. The first-order valence-electron chi connectivity index (χ1n) is 8.67. The minimum atomic E-state index is -0.702. The van der Waals surface area contributed by atoms with Gasteiger partial charge in [0.1, 0.15) is 5.56 Å². The fourth-order valence-electron chi connectivity index (χ4n) is 2.92. The topological polar surface area (TPSA) is 87.4 Å². The molecule has 1 heterocycles. The third kappa shape index (κ3) is 3.60. The van der Waals surface area contributed by atoms with Crippen LogP contribution in [0.2, 0.25) is 0 Å². The molecule has 2 aromatic carbocycles. The number of H-pyrrole nitrogens is 1. The summed E-state index contributed by atoms with van der Waals surface area (Å²) in [6.07, 6.45) is 1.30. The van der Waals surface area contributed by atoms with Gasteiger partial charge in [-0.15, -0.1) is 0 Å². The number of nitrogens with zero attached hydrogens (tertiary/aromatic N) is 2. The van der Waals surface area contributed by atoms with Crippen molar-refractivity contribution >= 4 is 11.9 Å². The Hall–Kier alpha value is -3.41. The minimum Gasteiger partial charge on any atom is -0.493 e. The van der Waals surface area contributed by atoms with Gasteiger partial charge < -0.3 is 5.11 Å². The number of benzene rings is 2. The monoisotopic (exact) mass is 363 g/mol. The van der Waals surface area contributed by atoms with E-state index >= 15 is 0 Å². The molecule has 2 N–H and O–H groups in total. The zero-order chi connectivity index (χ0) is 19.6. The average molecular weight is 363 g/mol. The van der Waals surface area contributed by atoms with Gasteiger partial charge in [-0.05, 0) is 36.1 Å².